The molecule has 0 saturated heterocycles. The first-order chi connectivity index (χ1) is 21.8. The van der Waals surface area contributed by atoms with Gasteiger partial charge in [-0.1, -0.05) is 79.2 Å². The molecule has 0 bridgehead atoms. The van der Waals surface area contributed by atoms with E-state index in [2.05, 4.69) is 52.9 Å². The maximum atomic E-state index is 14.6. The molecule has 5 aromatic rings. The molecule has 0 saturated carbocycles. The van der Waals surface area contributed by atoms with Gasteiger partial charge in [-0.05, 0) is 84.6 Å². The van der Waals surface area contributed by atoms with Crippen LogP contribution in [0.4, 0.5) is 17.1 Å². The van der Waals surface area contributed by atoms with Crippen LogP contribution in [0.15, 0.2) is 126 Å². The van der Waals surface area contributed by atoms with Gasteiger partial charge in [-0.2, -0.15) is 0 Å². The number of carbonyl (C=O) groups excluding carboxylic acids is 1. The zero-order valence-electron chi connectivity index (χ0n) is 25.5. The number of aryl methyl sites for hydroxylation is 2. The van der Waals surface area contributed by atoms with E-state index < -0.39 is 16.2 Å². The Kier molecular flexibility index (Phi) is 8.32. The summed E-state index contributed by atoms with van der Waals surface area (Å²) >= 11 is 0. The maximum absolute atomic E-state index is 14.6. The number of amides is 1. The molecule has 0 unspecified atom stereocenters. The van der Waals surface area contributed by atoms with Crippen molar-refractivity contribution in [3.8, 4) is 5.75 Å². The van der Waals surface area contributed by atoms with Crippen LogP contribution in [0.25, 0.3) is 0 Å². The summed E-state index contributed by atoms with van der Waals surface area (Å²) in [4.78, 5) is 18.5. The molecule has 0 aromatic heterocycles. The van der Waals surface area contributed by atoms with Crippen LogP contribution < -0.4 is 19.3 Å². The molecule has 45 heavy (non-hydrogen) atoms. The average molecular weight is 618 g/mol. The summed E-state index contributed by atoms with van der Waals surface area (Å²) in [5, 5.41) is 0. The van der Waals surface area contributed by atoms with E-state index in [1.165, 1.54) is 11.6 Å². The van der Waals surface area contributed by atoms with Gasteiger partial charge in [0.1, 0.15) is 11.9 Å². The molecule has 1 N–H and O–H groups in total. The van der Waals surface area contributed by atoms with Gasteiger partial charge in [0.05, 0.1) is 23.3 Å². The number of nitrogens with zero attached hydrogens (tertiary/aromatic N) is 2. The van der Waals surface area contributed by atoms with E-state index in [-0.39, 0.29) is 10.8 Å². The summed E-state index contributed by atoms with van der Waals surface area (Å²) in [6, 6.07) is 37.7. The molecule has 0 aliphatic carbocycles. The van der Waals surface area contributed by atoms with E-state index >= 15 is 0 Å². The van der Waals surface area contributed by atoms with E-state index in [0.717, 1.165) is 23.1 Å². The van der Waals surface area contributed by atoms with Gasteiger partial charge in [0.2, 0.25) is 0 Å². The van der Waals surface area contributed by atoms with Crippen molar-refractivity contribution >= 4 is 33.0 Å². The van der Waals surface area contributed by atoms with Gasteiger partial charge in [-0.3, -0.25) is 14.4 Å². The molecule has 0 fully saturated rings. The van der Waals surface area contributed by atoms with Crippen molar-refractivity contribution in [1.29, 1.82) is 0 Å². The average Bonchev–Trinajstić information content (AvgIpc) is 3.07. The quantitative estimate of drug-likeness (QED) is 0.183. The molecular weight excluding hydrogens is 582 g/mol. The molecule has 1 aliphatic heterocycles. The fraction of sp³-hybridized carbons (Fsp3) is 0.162. The number of nitrogens with one attached hydrogen (secondary N) is 1. The van der Waals surface area contributed by atoms with Crippen LogP contribution in [0.3, 0.4) is 0 Å². The van der Waals surface area contributed by atoms with Gasteiger partial charge < -0.3 is 9.64 Å². The van der Waals surface area contributed by atoms with Crippen LogP contribution in [-0.2, 0) is 23.0 Å². The highest BCUT2D eigenvalue weighted by Gasteiger charge is 2.40. The van der Waals surface area contributed by atoms with Crippen molar-refractivity contribution in [2.75, 3.05) is 21.6 Å². The second-order valence-corrected chi connectivity index (χ2v) is 12.8. The molecule has 0 spiro atoms. The van der Waals surface area contributed by atoms with Crippen molar-refractivity contribution in [3.63, 3.8) is 0 Å². The van der Waals surface area contributed by atoms with Crippen molar-refractivity contribution < 1.29 is 17.9 Å². The van der Waals surface area contributed by atoms with Crippen molar-refractivity contribution in [2.24, 2.45) is 0 Å². The highest BCUT2D eigenvalue weighted by molar-refractivity contribution is 7.92. The van der Waals surface area contributed by atoms with Gasteiger partial charge in [-0.25, -0.2) is 8.42 Å². The Morgan fingerprint density at radius 3 is 2.13 bits per heavy atom. The molecule has 8 heteroatoms. The minimum atomic E-state index is -3.98. The van der Waals surface area contributed by atoms with E-state index in [1.807, 2.05) is 61.5 Å². The predicted molar refractivity (Wildman–Crippen MR) is 179 cm³/mol. The lowest BCUT2D eigenvalue weighted by molar-refractivity contribution is 0.0968. The van der Waals surface area contributed by atoms with Gasteiger partial charge in [0.25, 0.3) is 15.9 Å². The number of ether oxygens (including phenoxy) is 1. The zero-order chi connectivity index (χ0) is 31.6. The third kappa shape index (κ3) is 6.14. The van der Waals surface area contributed by atoms with Crippen molar-refractivity contribution in [3.05, 3.63) is 149 Å². The van der Waals surface area contributed by atoms with Gasteiger partial charge in [0, 0.05) is 17.9 Å². The molecule has 1 heterocycles. The minimum Gasteiger partial charge on any atom is -0.497 e. The number of fused-ring (bicyclic) bond motifs is 1. The Morgan fingerprint density at radius 1 is 0.800 bits per heavy atom. The zero-order valence-corrected chi connectivity index (χ0v) is 26.3. The number of anilines is 3. The van der Waals surface area contributed by atoms with E-state index in [1.54, 1.807) is 36.3 Å². The maximum Gasteiger partial charge on any atom is 0.262 e. The van der Waals surface area contributed by atoms with Crippen LogP contribution in [-0.4, -0.2) is 21.4 Å². The number of hydrogen-bond donors (Lipinski definition) is 1. The van der Waals surface area contributed by atoms with Crippen LogP contribution >= 0.6 is 0 Å². The van der Waals surface area contributed by atoms with Crippen LogP contribution in [0.2, 0.25) is 0 Å². The van der Waals surface area contributed by atoms with Gasteiger partial charge >= 0.3 is 0 Å². The number of carbonyl (C=O) groups is 1. The molecule has 0 radical (unpaired) electrons. The second-order valence-electron chi connectivity index (χ2n) is 11.1. The molecule has 1 aliphatic rings. The molecule has 6 rings (SSSR count). The summed E-state index contributed by atoms with van der Waals surface area (Å²) < 4.78 is 35.2. The lowest BCUT2D eigenvalue weighted by Gasteiger charge is -2.46. The first-order valence-electron chi connectivity index (χ1n) is 14.9. The third-order valence-corrected chi connectivity index (χ3v) is 9.49. The Balaban J connectivity index is 1.51. The number of rotatable bonds is 9. The van der Waals surface area contributed by atoms with E-state index in [9.17, 15) is 13.2 Å². The number of benzene rings is 5. The number of sulfonamides is 1. The Hall–Kier alpha value is -5.08. The molecule has 228 valence electrons. The molecular formula is C37H35N3O4S. The van der Waals surface area contributed by atoms with Gasteiger partial charge in [-0.15, -0.1) is 0 Å². The fourth-order valence-corrected chi connectivity index (χ4v) is 6.74. The fourth-order valence-electron chi connectivity index (χ4n) is 5.66. The smallest absolute Gasteiger partial charge is 0.262 e. The molecule has 5 aromatic carbocycles. The SMILES string of the molecule is CCc1ccc([C@@H]2N(Cc3ccccc3)c3ccc(S(=O)(=O)Nc4ccc(C)cc4)cc3C(=O)N2c2ccc(OC)cc2)cc1. The first-order valence-corrected chi connectivity index (χ1v) is 16.4. The van der Waals surface area contributed by atoms with Crippen LogP contribution in [0.1, 0.15) is 45.7 Å². The highest BCUT2D eigenvalue weighted by Crippen LogP contribution is 2.43. The summed E-state index contributed by atoms with van der Waals surface area (Å²) in [7, 11) is -2.38. The first kappa shape index (κ1) is 30.0. The van der Waals surface area contributed by atoms with Gasteiger partial charge in [0.15, 0.2) is 0 Å². The lowest BCUT2D eigenvalue weighted by atomic mass is 9.98. The van der Waals surface area contributed by atoms with E-state index in [0.29, 0.717) is 34.9 Å². The Morgan fingerprint density at radius 2 is 1.49 bits per heavy atom. The monoisotopic (exact) mass is 617 g/mol. The standard InChI is InChI=1S/C37H35N3O4S/c1-4-27-12-14-29(15-13-27)36-39(25-28-8-6-5-7-9-28)35-23-22-33(45(42,43)38-30-16-10-26(2)11-17-30)24-34(35)37(41)40(36)31-18-20-32(44-3)21-19-31/h5-24,36,38H,4,25H2,1-3H3/t36-/m1/s1. The summed E-state index contributed by atoms with van der Waals surface area (Å²) in [5.74, 6) is 0.376. The highest BCUT2D eigenvalue weighted by atomic mass is 32.2. The van der Waals surface area contributed by atoms with E-state index in [4.69, 9.17) is 4.74 Å². The summed E-state index contributed by atoms with van der Waals surface area (Å²) in [5.41, 5.74) is 6.29. The second kappa shape index (κ2) is 12.5. The Labute approximate surface area is 264 Å². The van der Waals surface area contributed by atoms with Crippen molar-refractivity contribution in [1.82, 2.24) is 0 Å². The molecule has 1 atom stereocenters. The number of hydrogen-bond acceptors (Lipinski definition) is 5. The van der Waals surface area contributed by atoms with Crippen LogP contribution in [0.5, 0.6) is 5.75 Å². The number of methoxy groups -OCH3 is 1. The topological polar surface area (TPSA) is 79.0 Å². The third-order valence-electron chi connectivity index (χ3n) is 8.11. The molecule has 7 nitrogen and oxygen atoms in total. The summed E-state index contributed by atoms with van der Waals surface area (Å²) in [6.07, 6.45) is 0.397. The Bertz CT molecular complexity index is 1910. The minimum absolute atomic E-state index is 0.00951. The lowest BCUT2D eigenvalue weighted by Crippen LogP contribution is -2.49. The van der Waals surface area contributed by atoms with Crippen LogP contribution in [0, 0.1) is 6.92 Å². The largest absolute Gasteiger partial charge is 0.497 e. The molecule has 1 amide bonds. The summed E-state index contributed by atoms with van der Waals surface area (Å²) in [6.45, 7) is 4.54. The normalized spacial score (nSPS) is 14.6. The predicted octanol–water partition coefficient (Wildman–Crippen LogP) is 7.73. The van der Waals surface area contributed by atoms with Crippen molar-refractivity contribution in [2.45, 2.75) is 37.9 Å².